The predicted octanol–water partition coefficient (Wildman–Crippen LogP) is 4.01. The molecule has 0 spiro atoms. The number of hydrogen-bond donors (Lipinski definition) is 3. The van der Waals surface area contributed by atoms with Gasteiger partial charge in [0.2, 0.25) is 5.91 Å². The van der Waals surface area contributed by atoms with Gasteiger partial charge in [-0.1, -0.05) is 48.5 Å². The van der Waals surface area contributed by atoms with Gasteiger partial charge in [0.15, 0.2) is 0 Å². The molecule has 0 fully saturated rings. The number of halogens is 1. The van der Waals surface area contributed by atoms with Gasteiger partial charge in [-0.05, 0) is 37.6 Å². The third kappa shape index (κ3) is 3.57. The number of para-hydroxylation sites is 1. The topological polar surface area (TPSA) is 102 Å². The highest BCUT2D eigenvalue weighted by Crippen LogP contribution is 2.42. The number of benzene rings is 2. The molecule has 1 aromatic heterocycles. The van der Waals surface area contributed by atoms with E-state index in [0.29, 0.717) is 40.8 Å². The second-order valence-electron chi connectivity index (χ2n) is 7.54. The fourth-order valence-electron chi connectivity index (χ4n) is 4.01. The molecular weight excluding hydrogens is 414 g/mol. The first kappa shape index (κ1) is 20.7. The highest BCUT2D eigenvalue weighted by Gasteiger charge is 2.40. The van der Waals surface area contributed by atoms with Gasteiger partial charge in [-0.25, -0.2) is 4.68 Å². The van der Waals surface area contributed by atoms with Crippen LogP contribution in [0.5, 0.6) is 0 Å². The van der Waals surface area contributed by atoms with Crippen LogP contribution in [0.15, 0.2) is 61.2 Å². The summed E-state index contributed by atoms with van der Waals surface area (Å²) in [7, 11) is 0. The van der Waals surface area contributed by atoms with Crippen LogP contribution in [-0.4, -0.2) is 28.1 Å². The lowest BCUT2D eigenvalue weighted by Gasteiger charge is -2.37. The van der Waals surface area contributed by atoms with Crippen LogP contribution >= 0.6 is 11.6 Å². The highest BCUT2D eigenvalue weighted by molar-refractivity contribution is 6.30. The van der Waals surface area contributed by atoms with Gasteiger partial charge in [-0.3, -0.25) is 9.59 Å². The Labute approximate surface area is 184 Å². The quantitative estimate of drug-likeness (QED) is 0.527. The van der Waals surface area contributed by atoms with Crippen molar-refractivity contribution in [3.05, 3.63) is 77.3 Å². The van der Waals surface area contributed by atoms with Gasteiger partial charge in [-0.15, -0.1) is 0 Å². The van der Waals surface area contributed by atoms with Crippen LogP contribution in [0.25, 0.3) is 11.3 Å². The normalized spacial score (nSPS) is 17.4. The molecule has 3 aromatic rings. The lowest BCUT2D eigenvalue weighted by molar-refractivity contribution is -0.111. The number of rotatable bonds is 5. The number of nitrogens with two attached hydrogens (primary N) is 1. The van der Waals surface area contributed by atoms with Gasteiger partial charge in [0.25, 0.3) is 5.91 Å². The molecule has 31 heavy (non-hydrogen) atoms. The fourth-order valence-corrected chi connectivity index (χ4v) is 4.13. The maximum atomic E-state index is 12.4. The molecule has 0 saturated heterocycles. The minimum Gasteiger partial charge on any atom is -0.369 e. The summed E-state index contributed by atoms with van der Waals surface area (Å²) in [5.74, 6) is -0.322. The predicted molar refractivity (Wildman–Crippen MR) is 122 cm³/mol. The lowest BCUT2D eigenvalue weighted by atomic mass is 9.86. The van der Waals surface area contributed by atoms with E-state index in [1.165, 1.54) is 6.08 Å². The van der Waals surface area contributed by atoms with Gasteiger partial charge in [0, 0.05) is 28.4 Å². The number of aromatic nitrogens is 2. The van der Waals surface area contributed by atoms with Crippen molar-refractivity contribution >= 4 is 34.9 Å². The molecule has 158 valence electrons. The highest BCUT2D eigenvalue weighted by atomic mass is 35.5. The van der Waals surface area contributed by atoms with Crippen LogP contribution in [0.1, 0.15) is 29.3 Å². The van der Waals surface area contributed by atoms with Gasteiger partial charge in [0.1, 0.15) is 17.1 Å². The van der Waals surface area contributed by atoms with Crippen LogP contribution in [0.3, 0.4) is 0 Å². The summed E-state index contributed by atoms with van der Waals surface area (Å²) in [6.45, 7) is 6.16. The molecule has 1 atom stereocenters. The molecule has 0 aliphatic carbocycles. The van der Waals surface area contributed by atoms with Crippen LogP contribution in [0.2, 0.25) is 5.02 Å². The third-order valence-electron chi connectivity index (χ3n) is 5.57. The molecule has 0 bridgehead atoms. The maximum absolute atomic E-state index is 12.4. The van der Waals surface area contributed by atoms with E-state index in [9.17, 15) is 9.59 Å². The number of nitrogens with one attached hydrogen (secondary N) is 2. The van der Waals surface area contributed by atoms with E-state index in [4.69, 9.17) is 22.4 Å². The fraction of sp³-hybridized carbons (Fsp3) is 0.174. The van der Waals surface area contributed by atoms with Gasteiger partial charge >= 0.3 is 0 Å². The molecule has 2 aromatic carbocycles. The molecule has 1 aliphatic heterocycles. The van der Waals surface area contributed by atoms with E-state index in [1.54, 1.807) is 28.9 Å². The van der Waals surface area contributed by atoms with E-state index in [-0.39, 0.29) is 5.91 Å². The molecule has 2 amide bonds. The molecular formula is C23H22ClN5O2. The Bertz CT molecular complexity index is 1190. The molecule has 0 saturated carbocycles. The van der Waals surface area contributed by atoms with Crippen molar-refractivity contribution in [2.45, 2.75) is 18.9 Å². The average molecular weight is 436 g/mol. The zero-order valence-electron chi connectivity index (χ0n) is 17.0. The van der Waals surface area contributed by atoms with E-state index >= 15 is 0 Å². The number of carbonyl (C=O) groups is 2. The minimum atomic E-state index is -0.638. The number of hydrogen-bond acceptors (Lipinski definition) is 4. The minimum absolute atomic E-state index is 0.301. The number of anilines is 2. The SMILES string of the molecule is C=CC(=O)Nc1ccccc1C1(C)CCNc2c(C(N)=O)c(-c3ccc(Cl)cc3)nn21. The first-order chi connectivity index (χ1) is 14.8. The Balaban J connectivity index is 1.92. The molecule has 0 radical (unpaired) electrons. The second-order valence-corrected chi connectivity index (χ2v) is 7.98. The molecule has 2 heterocycles. The standard InChI is InChI=1S/C23H22ClN5O2/c1-3-18(30)27-17-7-5-4-6-16(17)23(2)12-13-26-22-19(21(25)31)20(28-29(22)23)14-8-10-15(24)11-9-14/h3-11,26H,1,12-13H2,2H3,(H2,25,31)(H,27,30). The van der Waals surface area contributed by atoms with Crippen molar-refractivity contribution in [3.63, 3.8) is 0 Å². The van der Waals surface area contributed by atoms with Crippen LogP contribution < -0.4 is 16.4 Å². The summed E-state index contributed by atoms with van der Waals surface area (Å²) in [5, 5.41) is 11.6. The van der Waals surface area contributed by atoms with E-state index in [0.717, 1.165) is 11.1 Å². The van der Waals surface area contributed by atoms with E-state index < -0.39 is 11.4 Å². The summed E-state index contributed by atoms with van der Waals surface area (Å²) < 4.78 is 1.79. The van der Waals surface area contributed by atoms with E-state index in [2.05, 4.69) is 17.2 Å². The number of amides is 2. The number of fused-ring (bicyclic) bond motifs is 1. The van der Waals surface area contributed by atoms with Crippen molar-refractivity contribution in [2.75, 3.05) is 17.2 Å². The van der Waals surface area contributed by atoms with Crippen molar-refractivity contribution in [2.24, 2.45) is 5.73 Å². The Morgan fingerprint density at radius 3 is 2.65 bits per heavy atom. The van der Waals surface area contributed by atoms with Crippen LogP contribution in [-0.2, 0) is 10.3 Å². The monoisotopic (exact) mass is 435 g/mol. The van der Waals surface area contributed by atoms with E-state index in [1.807, 2.05) is 31.2 Å². The molecule has 4 N–H and O–H groups in total. The summed E-state index contributed by atoms with van der Waals surface area (Å²) in [6.07, 6.45) is 1.91. The molecule has 1 aliphatic rings. The Morgan fingerprint density at radius 2 is 1.97 bits per heavy atom. The summed E-state index contributed by atoms with van der Waals surface area (Å²) in [4.78, 5) is 24.4. The largest absolute Gasteiger partial charge is 0.369 e. The smallest absolute Gasteiger partial charge is 0.254 e. The maximum Gasteiger partial charge on any atom is 0.254 e. The lowest BCUT2D eigenvalue weighted by Crippen LogP contribution is -2.40. The van der Waals surface area contributed by atoms with Gasteiger partial charge in [0.05, 0.1) is 5.54 Å². The Kier molecular flexibility index (Phi) is 5.29. The second kappa shape index (κ2) is 7.92. The molecule has 7 nitrogen and oxygen atoms in total. The molecule has 8 heteroatoms. The third-order valence-corrected chi connectivity index (χ3v) is 5.82. The average Bonchev–Trinajstić information content (AvgIpc) is 3.16. The van der Waals surface area contributed by atoms with Gasteiger partial charge in [-0.2, -0.15) is 5.10 Å². The number of carbonyl (C=O) groups excluding carboxylic acids is 2. The summed E-state index contributed by atoms with van der Waals surface area (Å²) >= 11 is 6.03. The number of nitrogens with zero attached hydrogens (tertiary/aromatic N) is 2. The van der Waals surface area contributed by atoms with Crippen molar-refractivity contribution in [1.82, 2.24) is 9.78 Å². The first-order valence-corrected chi connectivity index (χ1v) is 10.2. The van der Waals surface area contributed by atoms with Crippen molar-refractivity contribution < 1.29 is 9.59 Å². The molecule has 4 rings (SSSR count). The Morgan fingerprint density at radius 1 is 1.26 bits per heavy atom. The summed E-state index contributed by atoms with van der Waals surface area (Å²) in [6, 6.07) is 14.6. The number of primary amides is 1. The summed E-state index contributed by atoms with van der Waals surface area (Å²) in [5.41, 5.74) is 8.19. The van der Waals surface area contributed by atoms with Crippen LogP contribution in [0.4, 0.5) is 11.5 Å². The van der Waals surface area contributed by atoms with Crippen LogP contribution in [0, 0.1) is 0 Å². The van der Waals surface area contributed by atoms with Gasteiger partial charge < -0.3 is 16.4 Å². The zero-order valence-corrected chi connectivity index (χ0v) is 17.7. The van der Waals surface area contributed by atoms with Crippen molar-refractivity contribution in [3.8, 4) is 11.3 Å². The Hall–Kier alpha value is -3.58. The molecule has 1 unspecified atom stereocenters. The first-order valence-electron chi connectivity index (χ1n) is 9.81. The zero-order chi connectivity index (χ0) is 22.2. The van der Waals surface area contributed by atoms with Crippen molar-refractivity contribution in [1.29, 1.82) is 0 Å².